The van der Waals surface area contributed by atoms with Gasteiger partial charge in [0.2, 0.25) is 11.6 Å². The van der Waals surface area contributed by atoms with Crippen molar-refractivity contribution in [3.8, 4) is 11.1 Å². The monoisotopic (exact) mass is 268 g/mol. The summed E-state index contributed by atoms with van der Waals surface area (Å²) >= 11 is 0. The van der Waals surface area contributed by atoms with Gasteiger partial charge in [-0.25, -0.2) is 0 Å². The van der Waals surface area contributed by atoms with Gasteiger partial charge in [0.05, 0.1) is 10.5 Å². The molecule has 98 valence electrons. The number of nitro groups is 1. The maximum atomic E-state index is 12.1. The number of fused-ring (bicyclic) bond motifs is 3. The number of carbonyl (C=O) groups is 2. The van der Waals surface area contributed by atoms with Gasteiger partial charge in [0.1, 0.15) is 0 Å². The van der Waals surface area contributed by atoms with Crippen LogP contribution >= 0.6 is 0 Å². The predicted molar refractivity (Wildman–Crippen MR) is 71.6 cm³/mol. The second kappa shape index (κ2) is 3.99. The number of nitro benzene ring substituents is 1. The van der Waals surface area contributed by atoms with Crippen LogP contribution in [-0.2, 0) is 0 Å². The van der Waals surface area contributed by atoms with E-state index in [4.69, 9.17) is 5.73 Å². The van der Waals surface area contributed by atoms with E-state index in [1.165, 1.54) is 30.3 Å². The second-order valence-electron chi connectivity index (χ2n) is 4.42. The number of benzene rings is 2. The third-order valence-corrected chi connectivity index (χ3v) is 3.25. The number of ketones is 2. The van der Waals surface area contributed by atoms with E-state index >= 15 is 0 Å². The molecule has 0 saturated carbocycles. The molecule has 6 nitrogen and oxygen atoms in total. The molecule has 3 rings (SSSR count). The van der Waals surface area contributed by atoms with Crippen LogP contribution in [0.5, 0.6) is 0 Å². The van der Waals surface area contributed by atoms with Crippen molar-refractivity contribution in [3.05, 3.63) is 57.6 Å². The molecule has 0 spiro atoms. The van der Waals surface area contributed by atoms with Crippen molar-refractivity contribution in [1.29, 1.82) is 0 Å². The molecule has 0 atom stereocenters. The highest BCUT2D eigenvalue weighted by atomic mass is 16.6. The highest BCUT2D eigenvalue weighted by molar-refractivity contribution is 6.53. The minimum atomic E-state index is -0.748. The highest BCUT2D eigenvalue weighted by Gasteiger charge is 2.34. The van der Waals surface area contributed by atoms with Crippen molar-refractivity contribution in [2.45, 2.75) is 0 Å². The van der Waals surface area contributed by atoms with Crippen LogP contribution in [0, 0.1) is 10.1 Å². The number of Topliss-reactive ketones (excluding diaryl/α,β-unsaturated/α-hetero) is 2. The summed E-state index contributed by atoms with van der Waals surface area (Å²) in [6, 6.07) is 8.56. The molecule has 0 radical (unpaired) electrons. The Hall–Kier alpha value is -3.02. The molecule has 1 aliphatic carbocycles. The lowest BCUT2D eigenvalue weighted by Gasteiger charge is -2.17. The summed E-state index contributed by atoms with van der Waals surface area (Å²) in [5, 5.41) is 11.1. The number of hydrogen-bond acceptors (Lipinski definition) is 5. The number of nitrogens with zero attached hydrogens (tertiary/aromatic N) is 1. The van der Waals surface area contributed by atoms with Gasteiger partial charge in [0, 0.05) is 28.4 Å². The normalized spacial score (nSPS) is 12.8. The minimum Gasteiger partial charge on any atom is -0.399 e. The van der Waals surface area contributed by atoms with Gasteiger partial charge in [-0.2, -0.15) is 0 Å². The second-order valence-corrected chi connectivity index (χ2v) is 4.42. The lowest BCUT2D eigenvalue weighted by Crippen LogP contribution is -2.22. The summed E-state index contributed by atoms with van der Waals surface area (Å²) in [6.07, 6.45) is 0. The Morgan fingerprint density at radius 2 is 1.65 bits per heavy atom. The van der Waals surface area contributed by atoms with Gasteiger partial charge in [0.15, 0.2) is 0 Å². The first-order chi connectivity index (χ1) is 9.50. The average Bonchev–Trinajstić information content (AvgIpc) is 2.43. The van der Waals surface area contributed by atoms with E-state index in [2.05, 4.69) is 0 Å². The molecule has 0 unspecified atom stereocenters. The Morgan fingerprint density at radius 3 is 2.35 bits per heavy atom. The van der Waals surface area contributed by atoms with E-state index < -0.39 is 16.5 Å². The fourth-order valence-electron chi connectivity index (χ4n) is 2.38. The lowest BCUT2D eigenvalue weighted by atomic mass is 9.83. The van der Waals surface area contributed by atoms with Gasteiger partial charge in [-0.3, -0.25) is 19.7 Å². The summed E-state index contributed by atoms with van der Waals surface area (Å²) in [4.78, 5) is 34.6. The van der Waals surface area contributed by atoms with Gasteiger partial charge in [-0.1, -0.05) is 12.1 Å². The van der Waals surface area contributed by atoms with E-state index in [1.54, 1.807) is 6.07 Å². The first-order valence-electron chi connectivity index (χ1n) is 5.77. The zero-order valence-electron chi connectivity index (χ0n) is 10.1. The average molecular weight is 268 g/mol. The standard InChI is InChI=1S/C14H8N2O4/c15-7-4-5-8-10(6-7)14(18)13(17)9-2-1-3-11(12(8)9)16(19)20/h1-6H,15H2. The van der Waals surface area contributed by atoms with Gasteiger partial charge in [-0.05, 0) is 18.2 Å². The Bertz CT molecular complexity index is 796. The Labute approximate surface area is 113 Å². The topological polar surface area (TPSA) is 103 Å². The van der Waals surface area contributed by atoms with E-state index in [0.717, 1.165) is 0 Å². The van der Waals surface area contributed by atoms with Crippen LogP contribution in [0.1, 0.15) is 20.7 Å². The molecule has 0 aliphatic heterocycles. The summed E-state index contributed by atoms with van der Waals surface area (Å²) < 4.78 is 0. The van der Waals surface area contributed by atoms with E-state index in [0.29, 0.717) is 11.3 Å². The number of nitrogens with two attached hydrogens (primary N) is 1. The number of carbonyl (C=O) groups excluding carboxylic acids is 2. The lowest BCUT2D eigenvalue weighted by molar-refractivity contribution is -0.384. The van der Waals surface area contributed by atoms with Crippen molar-refractivity contribution in [2.24, 2.45) is 0 Å². The molecule has 6 heteroatoms. The molecule has 2 N–H and O–H groups in total. The quantitative estimate of drug-likeness (QED) is 0.369. The zero-order valence-corrected chi connectivity index (χ0v) is 10.1. The number of anilines is 1. The molecule has 0 heterocycles. The summed E-state index contributed by atoms with van der Waals surface area (Å²) in [6.45, 7) is 0. The van der Waals surface area contributed by atoms with Crippen LogP contribution in [0.3, 0.4) is 0 Å². The van der Waals surface area contributed by atoms with Gasteiger partial charge in [-0.15, -0.1) is 0 Å². The van der Waals surface area contributed by atoms with Crippen molar-refractivity contribution >= 4 is 22.9 Å². The molecular weight excluding hydrogens is 260 g/mol. The molecule has 0 amide bonds. The molecule has 0 aromatic heterocycles. The first kappa shape index (κ1) is 12.0. The Balaban J connectivity index is 2.44. The number of nitrogen functional groups attached to an aromatic ring is 1. The van der Waals surface area contributed by atoms with Crippen LogP contribution in [0.2, 0.25) is 0 Å². The van der Waals surface area contributed by atoms with Gasteiger partial charge in [0.25, 0.3) is 5.69 Å². The first-order valence-corrected chi connectivity index (χ1v) is 5.77. The molecule has 20 heavy (non-hydrogen) atoms. The Morgan fingerprint density at radius 1 is 0.950 bits per heavy atom. The summed E-state index contributed by atoms with van der Waals surface area (Å²) in [5.41, 5.74) is 6.45. The number of hydrogen-bond donors (Lipinski definition) is 1. The van der Waals surface area contributed by atoms with Gasteiger partial charge >= 0.3 is 0 Å². The van der Waals surface area contributed by atoms with Crippen LogP contribution < -0.4 is 5.73 Å². The third kappa shape index (κ3) is 1.51. The summed E-state index contributed by atoms with van der Waals surface area (Å²) in [5.74, 6) is -1.44. The largest absolute Gasteiger partial charge is 0.399 e. The molecular formula is C14H8N2O4. The number of rotatable bonds is 1. The third-order valence-electron chi connectivity index (χ3n) is 3.25. The molecule has 0 fully saturated rings. The van der Waals surface area contributed by atoms with Crippen molar-refractivity contribution in [2.75, 3.05) is 5.73 Å². The van der Waals surface area contributed by atoms with Crippen molar-refractivity contribution in [3.63, 3.8) is 0 Å². The minimum absolute atomic E-state index is 0.0569. The van der Waals surface area contributed by atoms with Crippen LogP contribution in [-0.4, -0.2) is 16.5 Å². The van der Waals surface area contributed by atoms with E-state index in [9.17, 15) is 19.7 Å². The molecule has 0 bridgehead atoms. The van der Waals surface area contributed by atoms with Crippen molar-refractivity contribution < 1.29 is 14.5 Å². The maximum absolute atomic E-state index is 12.1. The SMILES string of the molecule is Nc1ccc2c(c1)C(=O)C(=O)c1cccc([N+](=O)[O-])c1-2. The van der Waals surface area contributed by atoms with Crippen LogP contribution in [0.4, 0.5) is 11.4 Å². The summed E-state index contributed by atoms with van der Waals surface area (Å²) in [7, 11) is 0. The van der Waals surface area contributed by atoms with E-state index in [-0.39, 0.29) is 22.4 Å². The zero-order chi connectivity index (χ0) is 14.4. The fraction of sp³-hybridized carbons (Fsp3) is 0. The van der Waals surface area contributed by atoms with Crippen LogP contribution in [0.25, 0.3) is 11.1 Å². The molecule has 0 saturated heterocycles. The predicted octanol–water partition coefficient (Wildman–Crippen LogP) is 2.22. The smallest absolute Gasteiger partial charge is 0.277 e. The van der Waals surface area contributed by atoms with Crippen LogP contribution in [0.15, 0.2) is 36.4 Å². The van der Waals surface area contributed by atoms with E-state index in [1.807, 2.05) is 0 Å². The van der Waals surface area contributed by atoms with Crippen molar-refractivity contribution in [1.82, 2.24) is 0 Å². The highest BCUT2D eigenvalue weighted by Crippen LogP contribution is 2.40. The maximum Gasteiger partial charge on any atom is 0.277 e. The molecule has 2 aromatic carbocycles. The molecule has 1 aliphatic rings. The molecule has 2 aromatic rings. The van der Waals surface area contributed by atoms with Gasteiger partial charge < -0.3 is 5.73 Å². The fourth-order valence-corrected chi connectivity index (χ4v) is 2.38. The Kier molecular flexibility index (Phi) is 2.40.